The van der Waals surface area contributed by atoms with Gasteiger partial charge in [0, 0.05) is 18.7 Å². The van der Waals surface area contributed by atoms with Crippen molar-refractivity contribution in [2.75, 3.05) is 18.0 Å². The van der Waals surface area contributed by atoms with Crippen molar-refractivity contribution >= 4 is 34.4 Å². The average molecular weight is 404 g/mol. The summed E-state index contributed by atoms with van der Waals surface area (Å²) < 4.78 is 5.93. The van der Waals surface area contributed by atoms with Gasteiger partial charge in [-0.3, -0.25) is 4.79 Å². The van der Waals surface area contributed by atoms with Crippen molar-refractivity contribution in [3.05, 3.63) is 70.9 Å². The highest BCUT2D eigenvalue weighted by atomic mass is 32.1. The molecule has 1 fully saturated rings. The second-order valence-corrected chi connectivity index (χ2v) is 8.03. The molecule has 1 aliphatic heterocycles. The molecule has 5 rings (SSSR count). The molecule has 0 bridgehead atoms. The maximum absolute atomic E-state index is 12.6. The Morgan fingerprint density at radius 1 is 1.14 bits per heavy atom. The summed E-state index contributed by atoms with van der Waals surface area (Å²) in [4.78, 5) is 19.4. The summed E-state index contributed by atoms with van der Waals surface area (Å²) in [5.74, 6) is -0.0497. The van der Waals surface area contributed by atoms with E-state index in [9.17, 15) is 4.79 Å². The SMILES string of the molecule is O=C(NCC1CCCN1c1nc2ccccc2o1)c1ccc(-c2ccsc2)cc1. The third-order valence-electron chi connectivity index (χ3n) is 5.41. The van der Waals surface area contributed by atoms with Gasteiger partial charge >= 0.3 is 0 Å². The van der Waals surface area contributed by atoms with Gasteiger partial charge in [-0.15, -0.1) is 0 Å². The standard InChI is InChI=1S/C23H21N3O2S/c27-22(17-9-7-16(8-10-17)18-11-13-29-15-18)24-14-19-4-3-12-26(19)23-25-20-5-1-2-6-21(20)28-23/h1-2,5-11,13,15,19H,3-4,12,14H2,(H,24,27). The van der Waals surface area contributed by atoms with Gasteiger partial charge in [-0.05, 0) is 65.1 Å². The first kappa shape index (κ1) is 17.9. The number of para-hydroxylation sites is 2. The van der Waals surface area contributed by atoms with E-state index in [1.807, 2.05) is 48.5 Å². The summed E-state index contributed by atoms with van der Waals surface area (Å²) in [6.45, 7) is 1.46. The molecular formula is C23H21N3O2S. The Kier molecular flexibility index (Phi) is 4.77. The van der Waals surface area contributed by atoms with E-state index in [1.165, 1.54) is 5.56 Å². The Balaban J connectivity index is 1.24. The number of amides is 1. The summed E-state index contributed by atoms with van der Waals surface area (Å²) in [5, 5.41) is 7.24. The Hall–Kier alpha value is -3.12. The fraction of sp³-hybridized carbons (Fsp3) is 0.217. The predicted octanol–water partition coefficient (Wildman–Crippen LogP) is 4.96. The maximum atomic E-state index is 12.6. The highest BCUT2D eigenvalue weighted by molar-refractivity contribution is 7.08. The molecule has 5 nitrogen and oxygen atoms in total. The highest BCUT2D eigenvalue weighted by Gasteiger charge is 2.28. The van der Waals surface area contributed by atoms with Crippen LogP contribution in [0.25, 0.3) is 22.2 Å². The minimum Gasteiger partial charge on any atom is -0.423 e. The Morgan fingerprint density at radius 2 is 2.00 bits per heavy atom. The van der Waals surface area contributed by atoms with Gasteiger partial charge in [0.1, 0.15) is 5.52 Å². The molecule has 1 atom stereocenters. The van der Waals surface area contributed by atoms with Crippen LogP contribution in [-0.4, -0.2) is 30.0 Å². The quantitative estimate of drug-likeness (QED) is 0.512. The molecular weight excluding hydrogens is 382 g/mol. The predicted molar refractivity (Wildman–Crippen MR) is 116 cm³/mol. The topological polar surface area (TPSA) is 58.4 Å². The molecule has 2 aromatic carbocycles. The molecule has 1 N–H and O–H groups in total. The van der Waals surface area contributed by atoms with E-state index in [2.05, 4.69) is 32.0 Å². The van der Waals surface area contributed by atoms with E-state index in [0.717, 1.165) is 36.0 Å². The number of oxazole rings is 1. The second kappa shape index (κ2) is 7.72. The van der Waals surface area contributed by atoms with Gasteiger partial charge in [0.05, 0.1) is 6.04 Å². The van der Waals surface area contributed by atoms with Gasteiger partial charge in [0.2, 0.25) is 0 Å². The minimum absolute atomic E-state index is 0.0497. The average Bonchev–Trinajstić information content (AvgIpc) is 3.52. The first-order valence-electron chi connectivity index (χ1n) is 9.81. The van der Waals surface area contributed by atoms with Crippen LogP contribution in [0.5, 0.6) is 0 Å². The number of nitrogens with zero attached hydrogens (tertiary/aromatic N) is 2. The fourth-order valence-corrected chi connectivity index (χ4v) is 4.50. The van der Waals surface area contributed by atoms with Crippen LogP contribution in [0.1, 0.15) is 23.2 Å². The smallest absolute Gasteiger partial charge is 0.298 e. The number of hydrogen-bond donors (Lipinski definition) is 1. The van der Waals surface area contributed by atoms with Crippen molar-refractivity contribution in [2.24, 2.45) is 0 Å². The number of anilines is 1. The zero-order valence-corrected chi connectivity index (χ0v) is 16.7. The van der Waals surface area contributed by atoms with Crippen LogP contribution in [0.2, 0.25) is 0 Å². The molecule has 0 saturated carbocycles. The van der Waals surface area contributed by atoms with Gasteiger partial charge in [-0.2, -0.15) is 16.3 Å². The molecule has 3 heterocycles. The van der Waals surface area contributed by atoms with Crippen molar-refractivity contribution in [2.45, 2.75) is 18.9 Å². The number of thiophene rings is 1. The summed E-state index contributed by atoms with van der Waals surface area (Å²) >= 11 is 1.67. The Morgan fingerprint density at radius 3 is 2.79 bits per heavy atom. The number of fused-ring (bicyclic) bond motifs is 1. The van der Waals surface area contributed by atoms with E-state index in [4.69, 9.17) is 4.42 Å². The molecule has 29 heavy (non-hydrogen) atoms. The molecule has 6 heteroatoms. The number of hydrogen-bond acceptors (Lipinski definition) is 5. The first-order valence-corrected chi connectivity index (χ1v) is 10.8. The van der Waals surface area contributed by atoms with Gasteiger partial charge in [-0.25, -0.2) is 0 Å². The van der Waals surface area contributed by atoms with Crippen LogP contribution >= 0.6 is 11.3 Å². The molecule has 4 aromatic rings. The Bertz CT molecular complexity index is 1090. The number of nitrogens with one attached hydrogen (secondary N) is 1. The first-order chi connectivity index (χ1) is 14.3. The van der Waals surface area contributed by atoms with Crippen LogP contribution in [0.3, 0.4) is 0 Å². The second-order valence-electron chi connectivity index (χ2n) is 7.25. The monoisotopic (exact) mass is 403 g/mol. The van der Waals surface area contributed by atoms with Crippen molar-refractivity contribution in [3.8, 4) is 11.1 Å². The number of carbonyl (C=O) groups excluding carboxylic acids is 1. The maximum Gasteiger partial charge on any atom is 0.298 e. The number of aromatic nitrogens is 1. The summed E-state index contributed by atoms with van der Waals surface area (Å²) in [6, 6.07) is 18.5. The van der Waals surface area contributed by atoms with Crippen LogP contribution in [0.4, 0.5) is 6.01 Å². The zero-order chi connectivity index (χ0) is 19.6. The number of rotatable bonds is 5. The molecule has 0 radical (unpaired) electrons. The van der Waals surface area contributed by atoms with Crippen LogP contribution in [0, 0.1) is 0 Å². The summed E-state index contributed by atoms with van der Waals surface area (Å²) in [7, 11) is 0. The van der Waals surface area contributed by atoms with Crippen LogP contribution in [0.15, 0.2) is 69.8 Å². The minimum atomic E-state index is -0.0497. The summed E-state index contributed by atoms with van der Waals surface area (Å²) in [5.41, 5.74) is 4.64. The van der Waals surface area contributed by atoms with Gasteiger partial charge in [-0.1, -0.05) is 24.3 Å². The molecule has 1 aliphatic rings. The van der Waals surface area contributed by atoms with E-state index in [0.29, 0.717) is 18.1 Å². The molecule has 1 amide bonds. The molecule has 0 aliphatic carbocycles. The van der Waals surface area contributed by atoms with Crippen LogP contribution < -0.4 is 10.2 Å². The van der Waals surface area contributed by atoms with E-state index in [-0.39, 0.29) is 11.9 Å². The zero-order valence-electron chi connectivity index (χ0n) is 15.9. The van der Waals surface area contributed by atoms with Gasteiger partial charge < -0.3 is 14.6 Å². The van der Waals surface area contributed by atoms with Gasteiger partial charge in [0.25, 0.3) is 11.9 Å². The third kappa shape index (κ3) is 3.63. The molecule has 1 saturated heterocycles. The van der Waals surface area contributed by atoms with Gasteiger partial charge in [0.15, 0.2) is 5.58 Å². The highest BCUT2D eigenvalue weighted by Crippen LogP contribution is 2.28. The largest absolute Gasteiger partial charge is 0.423 e. The molecule has 146 valence electrons. The lowest BCUT2D eigenvalue weighted by Gasteiger charge is -2.23. The van der Waals surface area contributed by atoms with Crippen molar-refractivity contribution < 1.29 is 9.21 Å². The number of carbonyl (C=O) groups is 1. The summed E-state index contributed by atoms with van der Waals surface area (Å²) in [6.07, 6.45) is 2.07. The third-order valence-corrected chi connectivity index (χ3v) is 6.09. The normalized spacial score (nSPS) is 16.4. The van der Waals surface area contributed by atoms with Crippen molar-refractivity contribution in [3.63, 3.8) is 0 Å². The lowest BCUT2D eigenvalue weighted by molar-refractivity contribution is 0.0951. The Labute approximate surface area is 173 Å². The van der Waals surface area contributed by atoms with Crippen molar-refractivity contribution in [1.82, 2.24) is 10.3 Å². The molecule has 0 spiro atoms. The van der Waals surface area contributed by atoms with E-state index in [1.54, 1.807) is 11.3 Å². The van der Waals surface area contributed by atoms with E-state index >= 15 is 0 Å². The van der Waals surface area contributed by atoms with Crippen molar-refractivity contribution in [1.29, 1.82) is 0 Å². The lowest BCUT2D eigenvalue weighted by atomic mass is 10.1. The number of benzene rings is 2. The van der Waals surface area contributed by atoms with Crippen LogP contribution in [-0.2, 0) is 0 Å². The van der Waals surface area contributed by atoms with E-state index < -0.39 is 0 Å². The lowest BCUT2D eigenvalue weighted by Crippen LogP contribution is -2.40. The fourth-order valence-electron chi connectivity index (χ4n) is 3.84. The molecule has 1 unspecified atom stereocenters. The molecule has 2 aromatic heterocycles.